The average Bonchev–Trinajstić information content (AvgIpc) is 1.59. The second-order valence-corrected chi connectivity index (χ2v) is 2.09. The van der Waals surface area contributed by atoms with Gasteiger partial charge in [-0.15, -0.1) is 0 Å². The molecular weight excluding hydrogens is 114 g/mol. The van der Waals surface area contributed by atoms with Gasteiger partial charge >= 0.3 is 0 Å². The molecule has 0 saturated carbocycles. The zero-order valence-corrected chi connectivity index (χ0v) is 5.49. The van der Waals surface area contributed by atoms with Crippen molar-refractivity contribution in [1.29, 1.82) is 0 Å². The van der Waals surface area contributed by atoms with Gasteiger partial charge < -0.3 is 4.98 Å². The van der Waals surface area contributed by atoms with E-state index in [9.17, 15) is 4.79 Å². The van der Waals surface area contributed by atoms with Crippen LogP contribution in [0.4, 0.5) is 0 Å². The predicted octanol–water partition coefficient (Wildman–Crippen LogP) is 0.792. The van der Waals surface area contributed by atoms with Crippen molar-refractivity contribution in [2.45, 2.75) is 13.8 Å². The molecular formula is C7H8NO. The SMILES string of the molecule is Cc1[c]c(=O)[nH]c(C)c1. The fourth-order valence-electron chi connectivity index (χ4n) is 0.786. The molecule has 0 aliphatic rings. The van der Waals surface area contributed by atoms with E-state index >= 15 is 0 Å². The van der Waals surface area contributed by atoms with Crippen molar-refractivity contribution in [1.82, 2.24) is 4.98 Å². The van der Waals surface area contributed by atoms with Gasteiger partial charge in [-0.25, -0.2) is 0 Å². The molecule has 2 heteroatoms. The second-order valence-electron chi connectivity index (χ2n) is 2.09. The van der Waals surface area contributed by atoms with Crippen molar-refractivity contribution in [3.8, 4) is 0 Å². The maximum atomic E-state index is 10.6. The minimum Gasteiger partial charge on any atom is -0.326 e. The molecule has 9 heavy (non-hydrogen) atoms. The van der Waals surface area contributed by atoms with E-state index in [4.69, 9.17) is 0 Å². The van der Waals surface area contributed by atoms with Crippen molar-refractivity contribution in [3.63, 3.8) is 0 Å². The first-order chi connectivity index (χ1) is 4.18. The third-order valence-corrected chi connectivity index (χ3v) is 1.05. The lowest BCUT2D eigenvalue weighted by Crippen LogP contribution is -2.06. The Labute approximate surface area is 53.5 Å². The number of aromatic nitrogens is 1. The summed E-state index contributed by atoms with van der Waals surface area (Å²) in [6, 6.07) is 4.48. The van der Waals surface area contributed by atoms with Crippen LogP contribution in [-0.4, -0.2) is 4.98 Å². The summed E-state index contributed by atoms with van der Waals surface area (Å²) in [5, 5.41) is 0. The first-order valence-corrected chi connectivity index (χ1v) is 2.78. The van der Waals surface area contributed by atoms with Gasteiger partial charge in [0, 0.05) is 5.69 Å². The topological polar surface area (TPSA) is 32.9 Å². The molecule has 2 nitrogen and oxygen atoms in total. The van der Waals surface area contributed by atoms with E-state index in [-0.39, 0.29) is 5.56 Å². The molecule has 0 bridgehead atoms. The van der Waals surface area contributed by atoms with Crippen LogP contribution in [0, 0.1) is 19.9 Å². The van der Waals surface area contributed by atoms with Gasteiger partial charge in [-0.3, -0.25) is 4.79 Å². The van der Waals surface area contributed by atoms with Crippen LogP contribution in [0.25, 0.3) is 0 Å². The van der Waals surface area contributed by atoms with Gasteiger partial charge in [0.2, 0.25) is 0 Å². The number of pyridine rings is 1. The van der Waals surface area contributed by atoms with Gasteiger partial charge in [0.25, 0.3) is 5.56 Å². The van der Waals surface area contributed by atoms with E-state index in [0.717, 1.165) is 11.3 Å². The van der Waals surface area contributed by atoms with Crippen LogP contribution in [-0.2, 0) is 0 Å². The Morgan fingerprint density at radius 2 is 2.22 bits per heavy atom. The maximum Gasteiger partial charge on any atom is 0.256 e. The lowest BCUT2D eigenvalue weighted by molar-refractivity contribution is 1.12. The molecule has 1 radical (unpaired) electrons. The van der Waals surface area contributed by atoms with Gasteiger partial charge in [-0.05, 0) is 25.5 Å². The number of hydrogen-bond donors (Lipinski definition) is 1. The number of rotatable bonds is 0. The first-order valence-electron chi connectivity index (χ1n) is 2.78. The highest BCUT2D eigenvalue weighted by Crippen LogP contribution is 1.91. The fraction of sp³-hybridized carbons (Fsp3) is 0.286. The van der Waals surface area contributed by atoms with Crippen molar-refractivity contribution >= 4 is 0 Å². The van der Waals surface area contributed by atoms with Gasteiger partial charge in [0.1, 0.15) is 0 Å². The van der Waals surface area contributed by atoms with Gasteiger partial charge in [0.05, 0.1) is 6.07 Å². The molecule has 47 valence electrons. The highest BCUT2D eigenvalue weighted by molar-refractivity contribution is 5.11. The van der Waals surface area contributed by atoms with E-state index in [0.29, 0.717) is 0 Å². The lowest BCUT2D eigenvalue weighted by Gasteiger charge is -1.90. The molecule has 0 saturated heterocycles. The van der Waals surface area contributed by atoms with Crippen LogP contribution in [0.2, 0.25) is 0 Å². The van der Waals surface area contributed by atoms with Crippen molar-refractivity contribution in [2.24, 2.45) is 0 Å². The van der Waals surface area contributed by atoms with Gasteiger partial charge in [-0.2, -0.15) is 0 Å². The van der Waals surface area contributed by atoms with Crippen LogP contribution >= 0.6 is 0 Å². The van der Waals surface area contributed by atoms with Gasteiger partial charge in [0.15, 0.2) is 0 Å². The summed E-state index contributed by atoms with van der Waals surface area (Å²) in [7, 11) is 0. The summed E-state index contributed by atoms with van der Waals surface area (Å²) in [5.41, 5.74) is 1.63. The Bertz CT molecular complexity index is 239. The molecule has 0 aliphatic carbocycles. The molecule has 0 atom stereocenters. The van der Waals surface area contributed by atoms with Crippen molar-refractivity contribution < 1.29 is 0 Å². The summed E-state index contributed by atoms with van der Waals surface area (Å²) in [6.07, 6.45) is 0. The molecule has 1 heterocycles. The molecule has 0 spiro atoms. The Kier molecular flexibility index (Phi) is 1.39. The molecule has 0 unspecified atom stereocenters. The van der Waals surface area contributed by atoms with E-state index in [1.165, 1.54) is 0 Å². The molecule has 0 aliphatic heterocycles. The van der Waals surface area contributed by atoms with Gasteiger partial charge in [-0.1, -0.05) is 0 Å². The van der Waals surface area contributed by atoms with Crippen molar-refractivity contribution in [2.75, 3.05) is 0 Å². The van der Waals surface area contributed by atoms with Crippen LogP contribution in [0.1, 0.15) is 11.3 Å². The standard InChI is InChI=1S/C7H8NO/c1-5-3-6(2)8-7(9)4-5/h3H,1-2H3,(H,8,9). The molecule has 0 amide bonds. The normalized spacial score (nSPS) is 9.56. The van der Waals surface area contributed by atoms with Crippen LogP contribution in [0.15, 0.2) is 10.9 Å². The fourth-order valence-corrected chi connectivity index (χ4v) is 0.786. The third kappa shape index (κ3) is 1.42. The van der Waals surface area contributed by atoms with E-state index in [1.807, 2.05) is 19.9 Å². The highest BCUT2D eigenvalue weighted by Gasteiger charge is 1.87. The number of hydrogen-bond acceptors (Lipinski definition) is 1. The summed E-state index contributed by atoms with van der Waals surface area (Å²) >= 11 is 0. The highest BCUT2D eigenvalue weighted by atomic mass is 16.1. The second kappa shape index (κ2) is 2.05. The Hall–Kier alpha value is -1.05. The number of H-pyrrole nitrogens is 1. The monoisotopic (exact) mass is 122 g/mol. The van der Waals surface area contributed by atoms with Crippen molar-refractivity contribution in [3.05, 3.63) is 33.7 Å². The quantitative estimate of drug-likeness (QED) is 0.542. The Morgan fingerprint density at radius 1 is 1.56 bits per heavy atom. The third-order valence-electron chi connectivity index (χ3n) is 1.05. The largest absolute Gasteiger partial charge is 0.326 e. The maximum absolute atomic E-state index is 10.6. The molecule has 0 fully saturated rings. The van der Waals surface area contributed by atoms with Crippen LogP contribution in [0.3, 0.4) is 0 Å². The first kappa shape index (κ1) is 6.08. The van der Waals surface area contributed by atoms with E-state index in [2.05, 4.69) is 11.1 Å². The molecule has 0 aromatic carbocycles. The number of aryl methyl sites for hydroxylation is 2. The Balaban J connectivity index is 3.33. The van der Waals surface area contributed by atoms with Crippen LogP contribution in [0.5, 0.6) is 0 Å². The predicted molar refractivity (Wildman–Crippen MR) is 35.4 cm³/mol. The van der Waals surface area contributed by atoms with E-state index < -0.39 is 0 Å². The zero-order chi connectivity index (χ0) is 6.85. The molecule has 1 N–H and O–H groups in total. The molecule has 1 aromatic heterocycles. The minimum absolute atomic E-state index is 0.146. The lowest BCUT2D eigenvalue weighted by atomic mass is 10.2. The zero-order valence-electron chi connectivity index (χ0n) is 5.49. The van der Waals surface area contributed by atoms with E-state index in [1.54, 1.807) is 0 Å². The summed E-state index contributed by atoms with van der Waals surface area (Å²) in [5.74, 6) is 0. The Morgan fingerprint density at radius 3 is 2.67 bits per heavy atom. The smallest absolute Gasteiger partial charge is 0.256 e. The summed E-state index contributed by atoms with van der Waals surface area (Å²) in [4.78, 5) is 13.2. The number of aromatic amines is 1. The summed E-state index contributed by atoms with van der Waals surface area (Å²) < 4.78 is 0. The molecule has 1 aromatic rings. The number of nitrogens with one attached hydrogen (secondary N) is 1. The average molecular weight is 122 g/mol. The summed E-state index contributed by atoms with van der Waals surface area (Å²) in [6.45, 7) is 3.70. The minimum atomic E-state index is -0.146. The molecule has 1 rings (SSSR count). The van der Waals surface area contributed by atoms with Crippen LogP contribution < -0.4 is 5.56 Å².